The largest absolute Gasteiger partial charge is 0.368 e. The van der Waals surface area contributed by atoms with Crippen molar-refractivity contribution >= 4 is 16.9 Å². The molecule has 0 bridgehead atoms. The SMILES string of the molecule is O=C(NCCc1cccc2[nH]ccc12)N1CCC[C@@H]2O[C@H](c3ccccc3)C[C@@H]21. The minimum absolute atomic E-state index is 0.0401. The lowest BCUT2D eigenvalue weighted by Crippen LogP contribution is -2.52. The topological polar surface area (TPSA) is 57.4 Å². The van der Waals surface area contributed by atoms with Crippen molar-refractivity contribution in [3.8, 4) is 0 Å². The number of ether oxygens (including phenoxy) is 1. The number of rotatable bonds is 4. The Kier molecular flexibility index (Phi) is 4.98. The number of nitrogens with zero attached hydrogens (tertiary/aromatic N) is 1. The Morgan fingerprint density at radius 2 is 2.03 bits per heavy atom. The van der Waals surface area contributed by atoms with Gasteiger partial charge < -0.3 is 19.9 Å². The third-order valence-electron chi connectivity index (χ3n) is 6.30. The molecule has 5 nitrogen and oxygen atoms in total. The molecule has 29 heavy (non-hydrogen) atoms. The second-order valence-corrected chi connectivity index (χ2v) is 8.05. The number of hydrogen-bond acceptors (Lipinski definition) is 2. The molecule has 3 heterocycles. The van der Waals surface area contributed by atoms with E-state index in [1.165, 1.54) is 16.5 Å². The molecule has 2 N–H and O–H groups in total. The molecule has 0 aliphatic carbocycles. The smallest absolute Gasteiger partial charge is 0.317 e. The van der Waals surface area contributed by atoms with Gasteiger partial charge in [0.1, 0.15) is 0 Å². The lowest BCUT2D eigenvalue weighted by atomic mass is 9.96. The van der Waals surface area contributed by atoms with E-state index in [0.29, 0.717) is 6.54 Å². The van der Waals surface area contributed by atoms with Crippen LogP contribution in [0.15, 0.2) is 60.8 Å². The highest BCUT2D eigenvalue weighted by Crippen LogP contribution is 2.39. The first-order valence-electron chi connectivity index (χ1n) is 10.6. The number of aromatic amines is 1. The number of H-pyrrole nitrogens is 1. The number of fused-ring (bicyclic) bond motifs is 2. The number of urea groups is 1. The van der Waals surface area contributed by atoms with Crippen LogP contribution < -0.4 is 5.32 Å². The molecule has 2 amide bonds. The molecule has 150 valence electrons. The Labute approximate surface area is 171 Å². The first-order chi connectivity index (χ1) is 14.3. The van der Waals surface area contributed by atoms with Gasteiger partial charge in [0.2, 0.25) is 0 Å². The number of aromatic nitrogens is 1. The van der Waals surface area contributed by atoms with Crippen molar-refractivity contribution in [1.29, 1.82) is 0 Å². The first kappa shape index (κ1) is 18.3. The van der Waals surface area contributed by atoms with Gasteiger partial charge >= 0.3 is 6.03 Å². The normalized spacial score (nSPS) is 23.9. The van der Waals surface area contributed by atoms with Crippen molar-refractivity contribution < 1.29 is 9.53 Å². The van der Waals surface area contributed by atoms with Gasteiger partial charge in [-0.2, -0.15) is 0 Å². The zero-order chi connectivity index (χ0) is 19.6. The summed E-state index contributed by atoms with van der Waals surface area (Å²) in [6.45, 7) is 1.45. The van der Waals surface area contributed by atoms with Gasteiger partial charge in [-0.3, -0.25) is 0 Å². The van der Waals surface area contributed by atoms with E-state index in [-0.39, 0.29) is 24.3 Å². The predicted molar refractivity (Wildman–Crippen MR) is 114 cm³/mol. The van der Waals surface area contributed by atoms with Crippen LogP contribution in [0.4, 0.5) is 4.79 Å². The van der Waals surface area contributed by atoms with E-state index in [1.54, 1.807) is 0 Å². The van der Waals surface area contributed by atoms with E-state index in [4.69, 9.17) is 4.74 Å². The number of amides is 2. The maximum Gasteiger partial charge on any atom is 0.317 e. The second kappa shape index (κ2) is 7.91. The molecular formula is C24H27N3O2. The summed E-state index contributed by atoms with van der Waals surface area (Å²) in [5.74, 6) is 0. The molecular weight excluding hydrogens is 362 g/mol. The summed E-state index contributed by atoms with van der Waals surface area (Å²) >= 11 is 0. The summed E-state index contributed by atoms with van der Waals surface area (Å²) in [5.41, 5.74) is 3.61. The molecule has 0 saturated carbocycles. The van der Waals surface area contributed by atoms with Gasteiger partial charge in [0.15, 0.2) is 0 Å². The minimum Gasteiger partial charge on any atom is -0.368 e. The lowest BCUT2D eigenvalue weighted by Gasteiger charge is -2.36. The average molecular weight is 389 g/mol. The van der Waals surface area contributed by atoms with Gasteiger partial charge in [0, 0.05) is 36.6 Å². The highest BCUT2D eigenvalue weighted by atomic mass is 16.5. The standard InChI is InChI=1S/C24H27N3O2/c28-24(26-13-11-17-8-4-9-20-19(17)12-14-25-20)27-15-5-10-22-21(27)16-23(29-22)18-6-2-1-3-7-18/h1-4,6-9,12,14,21-23,25H,5,10-11,13,15-16H2,(H,26,28)/t21-,22-,23-/m0/s1. The highest BCUT2D eigenvalue weighted by Gasteiger charge is 2.43. The summed E-state index contributed by atoms with van der Waals surface area (Å²) in [5, 5.41) is 4.38. The Balaban J connectivity index is 1.21. The fourth-order valence-corrected chi connectivity index (χ4v) is 4.85. The van der Waals surface area contributed by atoms with Gasteiger partial charge in [-0.25, -0.2) is 4.79 Å². The van der Waals surface area contributed by atoms with E-state index in [9.17, 15) is 4.79 Å². The van der Waals surface area contributed by atoms with Crippen molar-refractivity contribution in [2.45, 2.75) is 43.9 Å². The maximum atomic E-state index is 12.9. The van der Waals surface area contributed by atoms with E-state index in [2.05, 4.69) is 58.8 Å². The molecule has 0 unspecified atom stereocenters. The van der Waals surface area contributed by atoms with Crippen molar-refractivity contribution in [3.05, 3.63) is 71.9 Å². The number of likely N-dealkylation sites (tertiary alicyclic amines) is 1. The summed E-state index contributed by atoms with van der Waals surface area (Å²) in [7, 11) is 0. The van der Waals surface area contributed by atoms with E-state index in [1.807, 2.05) is 17.2 Å². The quantitative estimate of drug-likeness (QED) is 0.694. The molecule has 2 saturated heterocycles. The lowest BCUT2D eigenvalue weighted by molar-refractivity contribution is 0.00557. The Morgan fingerprint density at radius 3 is 2.93 bits per heavy atom. The molecule has 0 radical (unpaired) electrons. The van der Waals surface area contributed by atoms with Crippen LogP contribution in [0.25, 0.3) is 10.9 Å². The van der Waals surface area contributed by atoms with Crippen molar-refractivity contribution in [2.24, 2.45) is 0 Å². The van der Waals surface area contributed by atoms with E-state index >= 15 is 0 Å². The third kappa shape index (κ3) is 3.62. The zero-order valence-corrected chi connectivity index (χ0v) is 16.5. The predicted octanol–water partition coefficient (Wildman–Crippen LogP) is 4.41. The Bertz CT molecular complexity index is 984. The van der Waals surface area contributed by atoms with Crippen LogP contribution in [0, 0.1) is 0 Å². The van der Waals surface area contributed by atoms with Gasteiger partial charge in [-0.05, 0) is 42.5 Å². The van der Waals surface area contributed by atoms with Gasteiger partial charge in [-0.15, -0.1) is 0 Å². The van der Waals surface area contributed by atoms with Crippen LogP contribution in [0.1, 0.15) is 36.5 Å². The monoisotopic (exact) mass is 389 g/mol. The Hall–Kier alpha value is -2.79. The second-order valence-electron chi connectivity index (χ2n) is 8.05. The van der Waals surface area contributed by atoms with Gasteiger partial charge in [-0.1, -0.05) is 42.5 Å². The molecule has 0 spiro atoms. The fourth-order valence-electron chi connectivity index (χ4n) is 4.85. The molecule has 3 atom stereocenters. The van der Waals surface area contributed by atoms with Gasteiger partial charge in [0.05, 0.1) is 18.2 Å². The first-order valence-corrected chi connectivity index (χ1v) is 10.6. The number of piperidine rings is 1. The molecule has 3 aromatic rings. The zero-order valence-electron chi connectivity index (χ0n) is 16.5. The molecule has 5 rings (SSSR count). The van der Waals surface area contributed by atoms with Crippen molar-refractivity contribution in [2.75, 3.05) is 13.1 Å². The molecule has 2 aliphatic heterocycles. The van der Waals surface area contributed by atoms with Crippen LogP contribution in [-0.4, -0.2) is 41.2 Å². The van der Waals surface area contributed by atoms with Gasteiger partial charge in [0.25, 0.3) is 0 Å². The summed E-state index contributed by atoms with van der Waals surface area (Å²) in [6.07, 6.45) is 5.94. The van der Waals surface area contributed by atoms with E-state index in [0.717, 1.165) is 37.7 Å². The van der Waals surface area contributed by atoms with Crippen molar-refractivity contribution in [1.82, 2.24) is 15.2 Å². The van der Waals surface area contributed by atoms with Crippen LogP contribution in [-0.2, 0) is 11.2 Å². The summed E-state index contributed by atoms with van der Waals surface area (Å²) < 4.78 is 6.32. The van der Waals surface area contributed by atoms with Crippen LogP contribution in [0.3, 0.4) is 0 Å². The van der Waals surface area contributed by atoms with E-state index < -0.39 is 0 Å². The maximum absolute atomic E-state index is 12.9. The molecule has 1 aromatic heterocycles. The molecule has 2 fully saturated rings. The third-order valence-corrected chi connectivity index (χ3v) is 6.30. The van der Waals surface area contributed by atoms with Crippen LogP contribution >= 0.6 is 0 Å². The average Bonchev–Trinajstić information content (AvgIpc) is 3.41. The summed E-state index contributed by atoms with van der Waals surface area (Å²) in [6, 6.07) is 18.9. The number of carbonyl (C=O) groups is 1. The molecule has 2 aliphatic rings. The number of nitrogens with one attached hydrogen (secondary N) is 2. The minimum atomic E-state index is 0.0401. The molecule has 5 heteroatoms. The fraction of sp³-hybridized carbons (Fsp3) is 0.375. The summed E-state index contributed by atoms with van der Waals surface area (Å²) in [4.78, 5) is 18.2. The molecule has 2 aromatic carbocycles. The van der Waals surface area contributed by atoms with Crippen LogP contribution in [0.5, 0.6) is 0 Å². The number of carbonyl (C=O) groups excluding carboxylic acids is 1. The number of hydrogen-bond donors (Lipinski definition) is 2. The highest BCUT2D eigenvalue weighted by molar-refractivity contribution is 5.83. The number of benzene rings is 2. The van der Waals surface area contributed by atoms with Crippen LogP contribution in [0.2, 0.25) is 0 Å². The Morgan fingerprint density at radius 1 is 1.14 bits per heavy atom. The van der Waals surface area contributed by atoms with Crippen molar-refractivity contribution in [3.63, 3.8) is 0 Å².